The Morgan fingerprint density at radius 3 is 3.00 bits per heavy atom. The van der Waals surface area contributed by atoms with Crippen molar-refractivity contribution < 1.29 is 4.79 Å². The highest BCUT2D eigenvalue weighted by atomic mass is 16.2. The molecule has 0 radical (unpaired) electrons. The van der Waals surface area contributed by atoms with E-state index in [1.54, 1.807) is 6.08 Å². The molecule has 2 heterocycles. The molecule has 2 aromatic rings. The van der Waals surface area contributed by atoms with E-state index in [2.05, 4.69) is 24.1 Å². The van der Waals surface area contributed by atoms with Gasteiger partial charge in [0, 0.05) is 32.0 Å². The summed E-state index contributed by atoms with van der Waals surface area (Å²) in [4.78, 5) is 18.7. The van der Waals surface area contributed by atoms with Gasteiger partial charge in [-0.15, -0.1) is 6.58 Å². The van der Waals surface area contributed by atoms with Gasteiger partial charge in [-0.3, -0.25) is 4.79 Å². The maximum absolute atomic E-state index is 12.1. The molecule has 1 aromatic carbocycles. The highest BCUT2D eigenvalue weighted by Crippen LogP contribution is 2.30. The molecule has 21 heavy (non-hydrogen) atoms. The highest BCUT2D eigenvalue weighted by Gasteiger charge is 2.33. The Morgan fingerprint density at radius 1 is 1.43 bits per heavy atom. The molecule has 0 spiro atoms. The Morgan fingerprint density at radius 2 is 2.24 bits per heavy atom. The lowest BCUT2D eigenvalue weighted by Crippen LogP contribution is -2.25. The lowest BCUT2D eigenvalue weighted by Gasteiger charge is -2.15. The zero-order valence-corrected chi connectivity index (χ0v) is 12.5. The quantitative estimate of drug-likeness (QED) is 0.791. The summed E-state index contributed by atoms with van der Waals surface area (Å²) >= 11 is 0. The van der Waals surface area contributed by atoms with E-state index in [1.165, 1.54) is 5.52 Å². The number of aryl methyl sites for hydroxylation is 1. The topological polar surface area (TPSA) is 38.1 Å². The Hall–Kier alpha value is -2.10. The SMILES string of the molecule is C=CCN1C[C@H](c2nc3ccccc3n2CCC)CC1=O. The number of carbonyl (C=O) groups is 1. The number of likely N-dealkylation sites (tertiary alicyclic amines) is 1. The maximum atomic E-state index is 12.1. The largest absolute Gasteiger partial charge is 0.338 e. The minimum atomic E-state index is 0.191. The summed E-state index contributed by atoms with van der Waals surface area (Å²) < 4.78 is 2.28. The van der Waals surface area contributed by atoms with Crippen LogP contribution in [0.5, 0.6) is 0 Å². The first-order chi connectivity index (χ1) is 10.2. The standard InChI is InChI=1S/C17H21N3O/c1-3-9-19-12-13(11-16(19)21)17-18-14-7-5-6-8-15(14)20(17)10-4-2/h3,5-8,13H,1,4,9-12H2,2H3/t13-/m1/s1. The number of rotatable bonds is 5. The van der Waals surface area contributed by atoms with Crippen LogP contribution in [-0.4, -0.2) is 33.4 Å². The van der Waals surface area contributed by atoms with Gasteiger partial charge in [-0.25, -0.2) is 4.98 Å². The van der Waals surface area contributed by atoms with Crippen molar-refractivity contribution in [1.82, 2.24) is 14.5 Å². The van der Waals surface area contributed by atoms with E-state index in [4.69, 9.17) is 4.98 Å². The van der Waals surface area contributed by atoms with Crippen LogP contribution >= 0.6 is 0 Å². The van der Waals surface area contributed by atoms with Gasteiger partial charge in [0.25, 0.3) is 0 Å². The fraction of sp³-hybridized carbons (Fsp3) is 0.412. The molecule has 0 bridgehead atoms. The van der Waals surface area contributed by atoms with Gasteiger partial charge in [0.1, 0.15) is 5.82 Å². The summed E-state index contributed by atoms with van der Waals surface area (Å²) in [6.45, 7) is 8.22. The number of hydrogen-bond donors (Lipinski definition) is 0. The molecule has 1 amide bonds. The number of imidazole rings is 1. The summed E-state index contributed by atoms with van der Waals surface area (Å²) in [5.41, 5.74) is 2.19. The molecule has 1 aliphatic heterocycles. The summed E-state index contributed by atoms with van der Waals surface area (Å²) in [6.07, 6.45) is 3.40. The van der Waals surface area contributed by atoms with E-state index in [0.717, 1.165) is 30.9 Å². The second kappa shape index (κ2) is 5.72. The van der Waals surface area contributed by atoms with Crippen LogP contribution in [0.25, 0.3) is 11.0 Å². The number of benzene rings is 1. The molecule has 4 heteroatoms. The van der Waals surface area contributed by atoms with E-state index in [1.807, 2.05) is 23.1 Å². The average molecular weight is 283 g/mol. The van der Waals surface area contributed by atoms with Gasteiger partial charge in [-0.1, -0.05) is 25.1 Å². The zero-order valence-electron chi connectivity index (χ0n) is 12.5. The molecule has 0 saturated carbocycles. The number of nitrogens with zero attached hydrogens (tertiary/aromatic N) is 3. The second-order valence-electron chi connectivity index (χ2n) is 5.60. The van der Waals surface area contributed by atoms with Crippen molar-refractivity contribution >= 4 is 16.9 Å². The number of aromatic nitrogens is 2. The van der Waals surface area contributed by atoms with Gasteiger partial charge in [-0.2, -0.15) is 0 Å². The van der Waals surface area contributed by atoms with Crippen LogP contribution < -0.4 is 0 Å². The predicted octanol–water partition coefficient (Wildman–Crippen LogP) is 2.95. The molecule has 0 aliphatic carbocycles. The normalized spacial score (nSPS) is 18.6. The van der Waals surface area contributed by atoms with Gasteiger partial charge >= 0.3 is 0 Å². The molecule has 110 valence electrons. The first-order valence-corrected chi connectivity index (χ1v) is 7.58. The van der Waals surface area contributed by atoms with Crippen LogP contribution in [0.3, 0.4) is 0 Å². The van der Waals surface area contributed by atoms with Crippen LogP contribution in [0, 0.1) is 0 Å². The van der Waals surface area contributed by atoms with Crippen LogP contribution in [-0.2, 0) is 11.3 Å². The van der Waals surface area contributed by atoms with Crippen molar-refractivity contribution in [3.05, 3.63) is 42.7 Å². The van der Waals surface area contributed by atoms with Gasteiger partial charge in [0.2, 0.25) is 5.91 Å². The van der Waals surface area contributed by atoms with Gasteiger partial charge in [-0.05, 0) is 18.6 Å². The highest BCUT2D eigenvalue weighted by molar-refractivity contribution is 5.81. The second-order valence-corrected chi connectivity index (χ2v) is 5.60. The molecule has 0 unspecified atom stereocenters. The average Bonchev–Trinajstić information content (AvgIpc) is 3.02. The number of carbonyl (C=O) groups excluding carboxylic acids is 1. The van der Waals surface area contributed by atoms with E-state index in [0.29, 0.717) is 13.0 Å². The third-order valence-corrected chi connectivity index (χ3v) is 4.06. The van der Waals surface area contributed by atoms with Crippen LogP contribution in [0.15, 0.2) is 36.9 Å². The Labute approximate surface area is 125 Å². The minimum absolute atomic E-state index is 0.191. The van der Waals surface area contributed by atoms with Crippen molar-refractivity contribution in [3.8, 4) is 0 Å². The van der Waals surface area contributed by atoms with E-state index >= 15 is 0 Å². The van der Waals surface area contributed by atoms with E-state index in [9.17, 15) is 4.79 Å². The van der Waals surface area contributed by atoms with Gasteiger partial charge in [0.15, 0.2) is 0 Å². The van der Waals surface area contributed by atoms with Crippen LogP contribution in [0.4, 0.5) is 0 Å². The minimum Gasteiger partial charge on any atom is -0.338 e. The fourth-order valence-electron chi connectivity index (χ4n) is 3.14. The van der Waals surface area contributed by atoms with Crippen molar-refractivity contribution in [2.24, 2.45) is 0 Å². The third kappa shape index (κ3) is 2.46. The molecule has 1 saturated heterocycles. The zero-order chi connectivity index (χ0) is 14.8. The molecule has 0 N–H and O–H groups in total. The number of hydrogen-bond acceptors (Lipinski definition) is 2. The van der Waals surface area contributed by atoms with E-state index in [-0.39, 0.29) is 11.8 Å². The number of amides is 1. The monoisotopic (exact) mass is 283 g/mol. The Kier molecular flexibility index (Phi) is 3.78. The fourth-order valence-corrected chi connectivity index (χ4v) is 3.14. The molecule has 1 aliphatic rings. The van der Waals surface area contributed by atoms with Crippen molar-refractivity contribution in [2.45, 2.75) is 32.2 Å². The number of fused-ring (bicyclic) bond motifs is 1. The predicted molar refractivity (Wildman–Crippen MR) is 84.2 cm³/mol. The lowest BCUT2D eigenvalue weighted by molar-refractivity contribution is -0.127. The van der Waals surface area contributed by atoms with Crippen molar-refractivity contribution in [1.29, 1.82) is 0 Å². The van der Waals surface area contributed by atoms with Gasteiger partial charge < -0.3 is 9.47 Å². The molecular formula is C17H21N3O. The van der Waals surface area contributed by atoms with Crippen molar-refractivity contribution in [3.63, 3.8) is 0 Å². The van der Waals surface area contributed by atoms with Crippen LogP contribution in [0.1, 0.15) is 31.5 Å². The van der Waals surface area contributed by atoms with Gasteiger partial charge in [0.05, 0.1) is 11.0 Å². The van der Waals surface area contributed by atoms with Crippen LogP contribution in [0.2, 0.25) is 0 Å². The molecule has 1 aromatic heterocycles. The summed E-state index contributed by atoms with van der Waals surface area (Å²) in [5.74, 6) is 1.45. The summed E-state index contributed by atoms with van der Waals surface area (Å²) in [6, 6.07) is 8.21. The summed E-state index contributed by atoms with van der Waals surface area (Å²) in [5, 5.41) is 0. The molecule has 1 atom stereocenters. The smallest absolute Gasteiger partial charge is 0.223 e. The third-order valence-electron chi connectivity index (χ3n) is 4.06. The Balaban J connectivity index is 1.98. The molecule has 4 nitrogen and oxygen atoms in total. The molecule has 3 rings (SSSR count). The lowest BCUT2D eigenvalue weighted by atomic mass is 10.1. The molecular weight excluding hydrogens is 262 g/mol. The first-order valence-electron chi connectivity index (χ1n) is 7.58. The summed E-state index contributed by atoms with van der Waals surface area (Å²) in [7, 11) is 0. The Bertz CT molecular complexity index is 674. The maximum Gasteiger partial charge on any atom is 0.223 e. The first kappa shape index (κ1) is 13.9. The van der Waals surface area contributed by atoms with Crippen molar-refractivity contribution in [2.75, 3.05) is 13.1 Å². The molecule has 1 fully saturated rings. The van der Waals surface area contributed by atoms with E-state index < -0.39 is 0 Å². The number of para-hydroxylation sites is 2.